The zero-order valence-corrected chi connectivity index (χ0v) is 16.5. The molecule has 7 nitrogen and oxygen atoms in total. The lowest BCUT2D eigenvalue weighted by molar-refractivity contribution is -0.131. The normalized spacial score (nSPS) is 19.3. The van der Waals surface area contributed by atoms with E-state index in [0.29, 0.717) is 45.2 Å². The van der Waals surface area contributed by atoms with Crippen molar-refractivity contribution in [2.75, 3.05) is 33.0 Å². The smallest absolute Gasteiger partial charge is 0.222 e. The van der Waals surface area contributed by atoms with Crippen LogP contribution in [-0.2, 0) is 23.9 Å². The second-order valence-electron chi connectivity index (χ2n) is 7.41. The number of carbonyl (C=O) groups is 3. The Hall–Kier alpha value is -1.47. The molecule has 0 bridgehead atoms. The molecule has 1 aliphatic rings. The van der Waals surface area contributed by atoms with E-state index in [2.05, 4.69) is 10.6 Å². The van der Waals surface area contributed by atoms with Crippen LogP contribution in [0.4, 0.5) is 0 Å². The number of nitrogens with one attached hydrogen (secondary N) is 2. The summed E-state index contributed by atoms with van der Waals surface area (Å²) in [4.78, 5) is 34.9. The highest BCUT2D eigenvalue weighted by atomic mass is 16.5. The number of carbonyl (C=O) groups excluding carboxylic acids is 3. The summed E-state index contributed by atoms with van der Waals surface area (Å²) in [6.45, 7) is 9.64. The number of Topliss-reactive ketones (excluding diaryl/α,β-unsaturated/α-hetero) is 1. The number of amides is 2. The molecule has 1 saturated carbocycles. The highest BCUT2D eigenvalue weighted by Gasteiger charge is 2.35. The predicted octanol–water partition coefficient (Wildman–Crippen LogP) is 1.79. The van der Waals surface area contributed by atoms with Crippen LogP contribution in [0, 0.1) is 17.8 Å². The highest BCUT2D eigenvalue weighted by Crippen LogP contribution is 2.30. The fraction of sp³-hybridized carbons (Fsp3) is 0.842. The predicted molar refractivity (Wildman–Crippen MR) is 103 cm³/mol. The SMILES string of the molecule is CC(C)C(=O)NCCOCCOCCC(=O)NC1CC(C(=O)C(C)C)C1.[HH].[HH]. The van der Waals surface area contributed by atoms with E-state index in [1.54, 1.807) is 0 Å². The minimum atomic E-state index is -0.0391. The first-order chi connectivity index (χ1) is 12.3. The molecule has 2 amide bonds. The average Bonchev–Trinajstić information content (AvgIpc) is 2.55. The monoisotopic (exact) mass is 374 g/mol. The van der Waals surface area contributed by atoms with E-state index in [-0.39, 0.29) is 38.5 Å². The maximum Gasteiger partial charge on any atom is 0.222 e. The van der Waals surface area contributed by atoms with Crippen LogP contribution < -0.4 is 10.6 Å². The molecule has 26 heavy (non-hydrogen) atoms. The molecule has 0 aromatic rings. The lowest BCUT2D eigenvalue weighted by Gasteiger charge is -2.35. The van der Waals surface area contributed by atoms with Gasteiger partial charge in [-0.1, -0.05) is 27.7 Å². The molecule has 0 saturated heterocycles. The summed E-state index contributed by atoms with van der Waals surface area (Å²) >= 11 is 0. The quantitative estimate of drug-likeness (QED) is 0.479. The summed E-state index contributed by atoms with van der Waals surface area (Å²) in [6.07, 6.45) is 1.82. The number of rotatable bonds is 13. The molecule has 1 aliphatic carbocycles. The van der Waals surface area contributed by atoms with E-state index in [1.807, 2.05) is 27.7 Å². The molecule has 0 aromatic carbocycles. The highest BCUT2D eigenvalue weighted by molar-refractivity contribution is 5.84. The van der Waals surface area contributed by atoms with E-state index in [4.69, 9.17) is 9.47 Å². The van der Waals surface area contributed by atoms with Gasteiger partial charge in [-0.3, -0.25) is 14.4 Å². The minimum Gasteiger partial charge on any atom is -0.379 e. The van der Waals surface area contributed by atoms with Gasteiger partial charge in [0.05, 0.1) is 26.4 Å². The van der Waals surface area contributed by atoms with Crippen molar-refractivity contribution in [2.24, 2.45) is 17.8 Å². The summed E-state index contributed by atoms with van der Waals surface area (Å²) < 4.78 is 10.7. The van der Waals surface area contributed by atoms with Gasteiger partial charge in [-0.05, 0) is 12.8 Å². The van der Waals surface area contributed by atoms with Crippen molar-refractivity contribution >= 4 is 17.6 Å². The fourth-order valence-corrected chi connectivity index (χ4v) is 2.68. The van der Waals surface area contributed by atoms with Gasteiger partial charge in [0.15, 0.2) is 0 Å². The van der Waals surface area contributed by atoms with Crippen molar-refractivity contribution in [3.05, 3.63) is 0 Å². The maximum absolute atomic E-state index is 11.8. The van der Waals surface area contributed by atoms with E-state index >= 15 is 0 Å². The first kappa shape index (κ1) is 22.6. The zero-order valence-electron chi connectivity index (χ0n) is 16.5. The average molecular weight is 375 g/mol. The lowest BCUT2D eigenvalue weighted by atomic mass is 9.75. The summed E-state index contributed by atoms with van der Waals surface area (Å²) in [5.41, 5.74) is 0. The molecule has 0 heterocycles. The van der Waals surface area contributed by atoms with Crippen LogP contribution in [0.5, 0.6) is 0 Å². The summed E-state index contributed by atoms with van der Waals surface area (Å²) in [6, 6.07) is 0.125. The number of ether oxygens (including phenoxy) is 2. The second-order valence-corrected chi connectivity index (χ2v) is 7.41. The molecule has 0 spiro atoms. The van der Waals surface area contributed by atoms with Crippen molar-refractivity contribution in [1.82, 2.24) is 10.6 Å². The van der Waals surface area contributed by atoms with Crippen LogP contribution in [-0.4, -0.2) is 56.6 Å². The van der Waals surface area contributed by atoms with Crippen LogP contribution in [0.3, 0.4) is 0 Å². The molecule has 7 heteroatoms. The molecular formula is C19H38N2O5. The van der Waals surface area contributed by atoms with E-state index in [9.17, 15) is 14.4 Å². The lowest BCUT2D eigenvalue weighted by Crippen LogP contribution is -2.47. The molecule has 2 N–H and O–H groups in total. The van der Waals surface area contributed by atoms with E-state index in [1.165, 1.54) is 0 Å². The summed E-state index contributed by atoms with van der Waals surface area (Å²) in [5.74, 6) is 0.427. The van der Waals surface area contributed by atoms with Crippen molar-refractivity contribution in [2.45, 2.75) is 53.0 Å². The Bertz CT molecular complexity index is 469. The van der Waals surface area contributed by atoms with Gasteiger partial charge in [0, 0.05) is 39.6 Å². The van der Waals surface area contributed by atoms with Crippen molar-refractivity contribution in [3.8, 4) is 0 Å². The van der Waals surface area contributed by atoms with Gasteiger partial charge in [-0.2, -0.15) is 0 Å². The fourth-order valence-electron chi connectivity index (χ4n) is 2.68. The Labute approximate surface area is 159 Å². The third-order valence-corrected chi connectivity index (χ3v) is 4.39. The Morgan fingerprint density at radius 1 is 0.962 bits per heavy atom. The number of hydrogen-bond acceptors (Lipinski definition) is 5. The third kappa shape index (κ3) is 8.76. The summed E-state index contributed by atoms with van der Waals surface area (Å²) in [5, 5.41) is 5.70. The zero-order chi connectivity index (χ0) is 19.5. The van der Waals surface area contributed by atoms with Gasteiger partial charge in [0.25, 0.3) is 0 Å². The molecule has 0 atom stereocenters. The van der Waals surface area contributed by atoms with Gasteiger partial charge < -0.3 is 20.1 Å². The second kappa shape index (κ2) is 12.0. The van der Waals surface area contributed by atoms with Crippen LogP contribution in [0.15, 0.2) is 0 Å². The molecule has 0 aromatic heterocycles. The van der Waals surface area contributed by atoms with Gasteiger partial charge in [-0.15, -0.1) is 0 Å². The first-order valence-corrected chi connectivity index (χ1v) is 9.57. The van der Waals surface area contributed by atoms with Crippen LogP contribution in [0.2, 0.25) is 0 Å². The van der Waals surface area contributed by atoms with Crippen molar-refractivity contribution < 1.29 is 26.7 Å². The molecule has 0 radical (unpaired) electrons. The van der Waals surface area contributed by atoms with Crippen LogP contribution >= 0.6 is 0 Å². The van der Waals surface area contributed by atoms with Crippen LogP contribution in [0.1, 0.15) is 49.8 Å². The van der Waals surface area contributed by atoms with Gasteiger partial charge >= 0.3 is 0 Å². The Morgan fingerprint density at radius 2 is 1.58 bits per heavy atom. The number of hydrogen-bond donors (Lipinski definition) is 2. The first-order valence-electron chi connectivity index (χ1n) is 9.57. The van der Waals surface area contributed by atoms with Crippen LogP contribution in [0.25, 0.3) is 0 Å². The van der Waals surface area contributed by atoms with E-state index in [0.717, 1.165) is 12.8 Å². The molecule has 0 unspecified atom stereocenters. The largest absolute Gasteiger partial charge is 0.379 e. The summed E-state index contributed by atoms with van der Waals surface area (Å²) in [7, 11) is 0. The number of ketones is 1. The molecule has 1 fully saturated rings. The Kier molecular flexibility index (Phi) is 10.4. The topological polar surface area (TPSA) is 93.7 Å². The molecule has 0 aliphatic heterocycles. The van der Waals surface area contributed by atoms with Crippen molar-refractivity contribution in [3.63, 3.8) is 0 Å². The molecule has 1 rings (SSSR count). The van der Waals surface area contributed by atoms with Gasteiger partial charge in [-0.25, -0.2) is 0 Å². The maximum atomic E-state index is 11.8. The molecular weight excluding hydrogens is 336 g/mol. The standard InChI is InChI=1S/C19H34N2O5.2H2/c1-13(2)18(23)15-11-16(12-15)21-17(22)5-7-25-9-10-26-8-6-20-19(24)14(3)4;;/h13-16H,5-12H2,1-4H3,(H,20,24)(H,21,22);2*1H. The third-order valence-electron chi connectivity index (χ3n) is 4.39. The van der Waals surface area contributed by atoms with Gasteiger partial charge in [0.2, 0.25) is 11.8 Å². The minimum absolute atomic E-state index is 0. The van der Waals surface area contributed by atoms with E-state index < -0.39 is 0 Å². The van der Waals surface area contributed by atoms with Crippen molar-refractivity contribution in [1.29, 1.82) is 0 Å². The molecule has 154 valence electrons. The Morgan fingerprint density at radius 3 is 2.15 bits per heavy atom. The van der Waals surface area contributed by atoms with Gasteiger partial charge in [0.1, 0.15) is 5.78 Å². The Balaban J connectivity index is 0.